The Labute approximate surface area is 112 Å². The fourth-order valence-corrected chi connectivity index (χ4v) is 2.16. The number of hydrogen-bond acceptors (Lipinski definition) is 2. The second kappa shape index (κ2) is 7.55. The molecule has 0 aliphatic rings. The molecule has 18 heavy (non-hydrogen) atoms. The smallest absolute Gasteiger partial charge is 0.0236 e. The third-order valence-corrected chi connectivity index (χ3v) is 3.91. The highest BCUT2D eigenvalue weighted by Gasteiger charge is 2.10. The van der Waals surface area contributed by atoms with Crippen molar-refractivity contribution in [1.82, 2.24) is 4.90 Å². The molecule has 0 aliphatic heterocycles. The minimum atomic E-state index is 0.455. The van der Waals surface area contributed by atoms with Gasteiger partial charge in [-0.2, -0.15) is 0 Å². The maximum Gasteiger partial charge on any atom is 0.0236 e. The number of benzene rings is 1. The molecule has 0 saturated heterocycles. The summed E-state index contributed by atoms with van der Waals surface area (Å²) in [5.41, 5.74) is 8.43. The number of rotatable bonds is 7. The standard InChI is InChI=1S/C16H28N2/c1-5-14(4)18(6-2)12-15-7-9-16(10-8-15)13(3)11-17/h7-10,13-14H,5-6,11-12,17H2,1-4H3. The van der Waals surface area contributed by atoms with Crippen LogP contribution in [0.1, 0.15) is 51.2 Å². The zero-order valence-corrected chi connectivity index (χ0v) is 12.3. The van der Waals surface area contributed by atoms with Crippen molar-refractivity contribution < 1.29 is 0 Å². The van der Waals surface area contributed by atoms with Gasteiger partial charge < -0.3 is 5.73 Å². The van der Waals surface area contributed by atoms with E-state index in [4.69, 9.17) is 5.73 Å². The summed E-state index contributed by atoms with van der Waals surface area (Å²) in [6, 6.07) is 9.57. The molecule has 2 N–H and O–H groups in total. The Morgan fingerprint density at radius 3 is 2.17 bits per heavy atom. The van der Waals surface area contributed by atoms with Gasteiger partial charge in [-0.1, -0.05) is 45.0 Å². The highest BCUT2D eigenvalue weighted by molar-refractivity contribution is 5.25. The molecule has 2 heteroatoms. The summed E-state index contributed by atoms with van der Waals surface area (Å²) in [6.45, 7) is 11.8. The Morgan fingerprint density at radius 2 is 1.72 bits per heavy atom. The molecule has 2 unspecified atom stereocenters. The summed E-state index contributed by atoms with van der Waals surface area (Å²) in [7, 11) is 0. The van der Waals surface area contributed by atoms with Gasteiger partial charge >= 0.3 is 0 Å². The van der Waals surface area contributed by atoms with E-state index in [-0.39, 0.29) is 0 Å². The molecule has 0 aromatic heterocycles. The van der Waals surface area contributed by atoms with Crippen LogP contribution in [0.15, 0.2) is 24.3 Å². The van der Waals surface area contributed by atoms with Crippen molar-refractivity contribution in [3.63, 3.8) is 0 Å². The topological polar surface area (TPSA) is 29.3 Å². The number of nitrogens with two attached hydrogens (primary N) is 1. The van der Waals surface area contributed by atoms with E-state index in [1.807, 2.05) is 0 Å². The van der Waals surface area contributed by atoms with Crippen molar-refractivity contribution in [2.75, 3.05) is 13.1 Å². The lowest BCUT2D eigenvalue weighted by molar-refractivity contribution is 0.206. The predicted molar refractivity (Wildman–Crippen MR) is 79.7 cm³/mol. The maximum atomic E-state index is 5.69. The average molecular weight is 248 g/mol. The Balaban J connectivity index is 2.67. The zero-order chi connectivity index (χ0) is 13.5. The molecule has 0 aliphatic carbocycles. The van der Waals surface area contributed by atoms with Crippen molar-refractivity contribution in [3.8, 4) is 0 Å². The van der Waals surface area contributed by atoms with E-state index in [9.17, 15) is 0 Å². The minimum absolute atomic E-state index is 0.455. The monoisotopic (exact) mass is 248 g/mol. The normalized spacial score (nSPS) is 14.8. The lowest BCUT2D eigenvalue weighted by Gasteiger charge is -2.27. The summed E-state index contributed by atoms with van der Waals surface area (Å²) in [5, 5.41) is 0. The van der Waals surface area contributed by atoms with Gasteiger partial charge in [0.25, 0.3) is 0 Å². The summed E-state index contributed by atoms with van der Waals surface area (Å²) in [6.07, 6.45) is 1.20. The van der Waals surface area contributed by atoms with Gasteiger partial charge in [-0.25, -0.2) is 0 Å². The average Bonchev–Trinajstić information content (AvgIpc) is 2.43. The molecule has 1 aromatic carbocycles. The summed E-state index contributed by atoms with van der Waals surface area (Å²) in [4.78, 5) is 2.52. The summed E-state index contributed by atoms with van der Waals surface area (Å²) < 4.78 is 0. The highest BCUT2D eigenvalue weighted by Crippen LogP contribution is 2.16. The first-order valence-electron chi connectivity index (χ1n) is 7.15. The van der Waals surface area contributed by atoms with Crippen LogP contribution < -0.4 is 5.73 Å². The van der Waals surface area contributed by atoms with Gasteiger partial charge in [0.05, 0.1) is 0 Å². The van der Waals surface area contributed by atoms with Crippen molar-refractivity contribution in [3.05, 3.63) is 35.4 Å². The largest absolute Gasteiger partial charge is 0.330 e. The molecule has 1 rings (SSSR count). The Hall–Kier alpha value is -0.860. The van der Waals surface area contributed by atoms with Crippen molar-refractivity contribution in [2.45, 2.75) is 52.6 Å². The van der Waals surface area contributed by atoms with Crippen molar-refractivity contribution in [1.29, 1.82) is 0 Å². The zero-order valence-electron chi connectivity index (χ0n) is 12.3. The molecule has 0 saturated carbocycles. The van der Waals surface area contributed by atoms with Gasteiger partial charge in [-0.3, -0.25) is 4.90 Å². The van der Waals surface area contributed by atoms with E-state index in [1.54, 1.807) is 0 Å². The van der Waals surface area contributed by atoms with Crippen LogP contribution in [0.3, 0.4) is 0 Å². The van der Waals surface area contributed by atoms with E-state index < -0.39 is 0 Å². The SMILES string of the molecule is CCC(C)N(CC)Cc1ccc(C(C)CN)cc1. The van der Waals surface area contributed by atoms with E-state index in [1.165, 1.54) is 17.5 Å². The van der Waals surface area contributed by atoms with Gasteiger partial charge in [-0.05, 0) is 43.5 Å². The lowest BCUT2D eigenvalue weighted by Crippen LogP contribution is -2.31. The van der Waals surface area contributed by atoms with Crippen LogP contribution in [0.25, 0.3) is 0 Å². The summed E-state index contributed by atoms with van der Waals surface area (Å²) in [5.74, 6) is 0.455. The molecule has 0 fully saturated rings. The quantitative estimate of drug-likeness (QED) is 0.801. The van der Waals surface area contributed by atoms with E-state index >= 15 is 0 Å². The fourth-order valence-electron chi connectivity index (χ4n) is 2.16. The molecule has 0 radical (unpaired) electrons. The van der Waals surface area contributed by atoms with Crippen LogP contribution in [-0.4, -0.2) is 24.0 Å². The number of hydrogen-bond donors (Lipinski definition) is 1. The summed E-state index contributed by atoms with van der Waals surface area (Å²) >= 11 is 0. The third kappa shape index (κ3) is 4.11. The van der Waals surface area contributed by atoms with Gasteiger partial charge in [0, 0.05) is 12.6 Å². The van der Waals surface area contributed by atoms with Crippen LogP contribution >= 0.6 is 0 Å². The minimum Gasteiger partial charge on any atom is -0.330 e. The van der Waals surface area contributed by atoms with Crippen LogP contribution in [0.2, 0.25) is 0 Å². The Bertz CT molecular complexity index is 331. The van der Waals surface area contributed by atoms with E-state index in [0.717, 1.165) is 13.1 Å². The molecule has 0 spiro atoms. The molecular formula is C16H28N2. The molecule has 2 atom stereocenters. The first-order chi connectivity index (χ1) is 8.62. The first-order valence-corrected chi connectivity index (χ1v) is 7.15. The van der Waals surface area contributed by atoms with Crippen LogP contribution in [0, 0.1) is 0 Å². The van der Waals surface area contributed by atoms with Gasteiger partial charge in [-0.15, -0.1) is 0 Å². The molecule has 1 aromatic rings. The van der Waals surface area contributed by atoms with Crippen LogP contribution in [0.4, 0.5) is 0 Å². The van der Waals surface area contributed by atoms with E-state index in [0.29, 0.717) is 18.5 Å². The van der Waals surface area contributed by atoms with Gasteiger partial charge in [0.15, 0.2) is 0 Å². The molecule has 102 valence electrons. The molecule has 0 heterocycles. The second-order valence-electron chi connectivity index (χ2n) is 5.20. The highest BCUT2D eigenvalue weighted by atomic mass is 15.1. The predicted octanol–water partition coefficient (Wildman–Crippen LogP) is 3.37. The number of nitrogens with zero attached hydrogens (tertiary/aromatic N) is 1. The van der Waals surface area contributed by atoms with E-state index in [2.05, 4.69) is 56.9 Å². The third-order valence-electron chi connectivity index (χ3n) is 3.91. The van der Waals surface area contributed by atoms with Crippen molar-refractivity contribution in [2.24, 2.45) is 5.73 Å². The molecule has 2 nitrogen and oxygen atoms in total. The molecule has 0 bridgehead atoms. The van der Waals surface area contributed by atoms with Crippen LogP contribution in [0.5, 0.6) is 0 Å². The first kappa shape index (κ1) is 15.2. The maximum absolute atomic E-state index is 5.69. The molecular weight excluding hydrogens is 220 g/mol. The second-order valence-corrected chi connectivity index (χ2v) is 5.20. The lowest BCUT2D eigenvalue weighted by atomic mass is 10.00. The Kier molecular flexibility index (Phi) is 6.37. The van der Waals surface area contributed by atoms with Crippen molar-refractivity contribution >= 4 is 0 Å². The van der Waals surface area contributed by atoms with Gasteiger partial charge in [0.1, 0.15) is 0 Å². The van der Waals surface area contributed by atoms with Crippen LogP contribution in [-0.2, 0) is 6.54 Å². The fraction of sp³-hybridized carbons (Fsp3) is 0.625. The van der Waals surface area contributed by atoms with Gasteiger partial charge in [0.2, 0.25) is 0 Å². The Morgan fingerprint density at radius 1 is 1.11 bits per heavy atom. The molecule has 0 amide bonds.